The van der Waals surface area contributed by atoms with Crippen LogP contribution in [0, 0.1) is 12.7 Å². The highest BCUT2D eigenvalue weighted by Crippen LogP contribution is 2.24. The molecular formula is C15H13ClFNOS. The molecule has 20 heavy (non-hydrogen) atoms. The standard InChI is InChI=1S/C15H13ClFNOS/c1-10-11(16)5-4-7-13(10)18-15(19)9-20-14-8-3-2-6-12(14)17/h2-8H,9H2,1H3,(H,18,19). The maximum atomic E-state index is 13.4. The van der Waals surface area contributed by atoms with Crippen LogP contribution >= 0.6 is 23.4 Å². The van der Waals surface area contributed by atoms with Gasteiger partial charge in [0.15, 0.2) is 0 Å². The summed E-state index contributed by atoms with van der Waals surface area (Å²) in [5.41, 5.74) is 1.50. The van der Waals surface area contributed by atoms with Crippen molar-refractivity contribution in [2.24, 2.45) is 0 Å². The first-order valence-corrected chi connectivity index (χ1v) is 7.36. The van der Waals surface area contributed by atoms with Gasteiger partial charge in [-0.3, -0.25) is 4.79 Å². The van der Waals surface area contributed by atoms with Crippen LogP contribution in [0.2, 0.25) is 5.02 Å². The van der Waals surface area contributed by atoms with E-state index in [0.717, 1.165) is 17.3 Å². The molecule has 0 bridgehead atoms. The Balaban J connectivity index is 1.96. The minimum atomic E-state index is -0.316. The fraction of sp³-hybridized carbons (Fsp3) is 0.133. The van der Waals surface area contributed by atoms with Gasteiger partial charge in [0.05, 0.1) is 5.75 Å². The number of rotatable bonds is 4. The van der Waals surface area contributed by atoms with E-state index >= 15 is 0 Å². The molecule has 2 aromatic carbocycles. The molecule has 0 aliphatic heterocycles. The van der Waals surface area contributed by atoms with E-state index in [9.17, 15) is 9.18 Å². The second kappa shape index (κ2) is 6.77. The Bertz CT molecular complexity index is 633. The molecule has 1 amide bonds. The normalized spacial score (nSPS) is 10.3. The lowest BCUT2D eigenvalue weighted by Crippen LogP contribution is -2.15. The molecule has 0 heterocycles. The third kappa shape index (κ3) is 3.74. The highest BCUT2D eigenvalue weighted by Gasteiger charge is 2.09. The van der Waals surface area contributed by atoms with Crippen LogP contribution in [0.1, 0.15) is 5.56 Å². The summed E-state index contributed by atoms with van der Waals surface area (Å²) in [7, 11) is 0. The van der Waals surface area contributed by atoms with E-state index in [2.05, 4.69) is 5.32 Å². The summed E-state index contributed by atoms with van der Waals surface area (Å²) in [5.74, 6) is -0.361. The van der Waals surface area contributed by atoms with Crippen molar-refractivity contribution in [3.63, 3.8) is 0 Å². The number of anilines is 1. The molecule has 1 N–H and O–H groups in total. The molecular weight excluding hydrogens is 297 g/mol. The van der Waals surface area contributed by atoms with Gasteiger partial charge in [0, 0.05) is 15.6 Å². The number of halogens is 2. The Morgan fingerprint density at radius 2 is 2.00 bits per heavy atom. The van der Waals surface area contributed by atoms with Crippen molar-refractivity contribution in [2.75, 3.05) is 11.1 Å². The van der Waals surface area contributed by atoms with Gasteiger partial charge in [-0.25, -0.2) is 4.39 Å². The molecule has 2 aromatic rings. The number of hydrogen-bond acceptors (Lipinski definition) is 2. The Labute approximate surface area is 126 Å². The number of benzene rings is 2. The lowest BCUT2D eigenvalue weighted by molar-refractivity contribution is -0.113. The summed E-state index contributed by atoms with van der Waals surface area (Å²) in [5, 5.41) is 3.38. The van der Waals surface area contributed by atoms with Crippen molar-refractivity contribution >= 4 is 35.0 Å². The average Bonchev–Trinajstić information content (AvgIpc) is 2.43. The molecule has 0 unspecified atom stereocenters. The van der Waals surface area contributed by atoms with Gasteiger partial charge in [0.2, 0.25) is 5.91 Å². The summed E-state index contributed by atoms with van der Waals surface area (Å²) in [6.07, 6.45) is 0. The van der Waals surface area contributed by atoms with Crippen molar-refractivity contribution < 1.29 is 9.18 Å². The number of nitrogens with one attached hydrogen (secondary N) is 1. The third-order valence-corrected chi connectivity index (χ3v) is 4.20. The second-order valence-electron chi connectivity index (χ2n) is 4.18. The van der Waals surface area contributed by atoms with Gasteiger partial charge in [0.25, 0.3) is 0 Å². The second-order valence-corrected chi connectivity index (χ2v) is 5.60. The van der Waals surface area contributed by atoms with E-state index in [1.807, 2.05) is 6.92 Å². The quantitative estimate of drug-likeness (QED) is 0.841. The van der Waals surface area contributed by atoms with Gasteiger partial charge in [-0.15, -0.1) is 11.8 Å². The SMILES string of the molecule is Cc1c(Cl)cccc1NC(=O)CSc1ccccc1F. The average molecular weight is 310 g/mol. The summed E-state index contributed by atoms with van der Waals surface area (Å²) < 4.78 is 13.4. The lowest BCUT2D eigenvalue weighted by Gasteiger charge is -2.09. The van der Waals surface area contributed by atoms with Crippen LogP contribution in [0.5, 0.6) is 0 Å². The van der Waals surface area contributed by atoms with Gasteiger partial charge in [-0.2, -0.15) is 0 Å². The monoisotopic (exact) mass is 309 g/mol. The maximum Gasteiger partial charge on any atom is 0.234 e. The van der Waals surface area contributed by atoms with Crippen molar-refractivity contribution in [1.29, 1.82) is 0 Å². The molecule has 0 aliphatic rings. The molecule has 0 aliphatic carbocycles. The van der Waals surface area contributed by atoms with Gasteiger partial charge >= 0.3 is 0 Å². The van der Waals surface area contributed by atoms with Crippen LogP contribution in [-0.4, -0.2) is 11.7 Å². The van der Waals surface area contributed by atoms with Crippen molar-refractivity contribution in [3.05, 3.63) is 58.9 Å². The van der Waals surface area contributed by atoms with Crippen LogP contribution in [0.3, 0.4) is 0 Å². The van der Waals surface area contributed by atoms with Gasteiger partial charge in [-0.05, 0) is 36.8 Å². The summed E-state index contributed by atoms with van der Waals surface area (Å²) in [6.45, 7) is 1.84. The number of amides is 1. The Morgan fingerprint density at radius 3 is 2.75 bits per heavy atom. The van der Waals surface area contributed by atoms with E-state index in [1.54, 1.807) is 36.4 Å². The first-order chi connectivity index (χ1) is 9.58. The van der Waals surface area contributed by atoms with E-state index in [-0.39, 0.29) is 17.5 Å². The third-order valence-electron chi connectivity index (χ3n) is 2.74. The lowest BCUT2D eigenvalue weighted by atomic mass is 10.2. The molecule has 0 atom stereocenters. The summed E-state index contributed by atoms with van der Waals surface area (Å²) in [6, 6.07) is 11.7. The zero-order chi connectivity index (χ0) is 14.5. The predicted molar refractivity (Wildman–Crippen MR) is 81.9 cm³/mol. The fourth-order valence-corrected chi connectivity index (χ4v) is 2.55. The first-order valence-electron chi connectivity index (χ1n) is 6.00. The molecule has 0 fully saturated rings. The zero-order valence-electron chi connectivity index (χ0n) is 10.8. The summed E-state index contributed by atoms with van der Waals surface area (Å²) >= 11 is 7.15. The highest BCUT2D eigenvalue weighted by molar-refractivity contribution is 8.00. The van der Waals surface area contributed by atoms with E-state index in [1.165, 1.54) is 6.07 Å². The zero-order valence-corrected chi connectivity index (χ0v) is 12.4. The summed E-state index contributed by atoms with van der Waals surface area (Å²) in [4.78, 5) is 12.3. The van der Waals surface area contributed by atoms with Crippen molar-refractivity contribution in [1.82, 2.24) is 0 Å². The molecule has 0 saturated heterocycles. The Kier molecular flexibility index (Phi) is 5.04. The van der Waals surface area contributed by atoms with Crippen LogP contribution in [0.15, 0.2) is 47.4 Å². The van der Waals surface area contributed by atoms with E-state index in [4.69, 9.17) is 11.6 Å². The van der Waals surface area contributed by atoms with Crippen LogP contribution in [-0.2, 0) is 4.79 Å². The van der Waals surface area contributed by atoms with Crippen LogP contribution < -0.4 is 5.32 Å². The molecule has 0 saturated carbocycles. The molecule has 0 aromatic heterocycles. The van der Waals surface area contributed by atoms with Crippen LogP contribution in [0.4, 0.5) is 10.1 Å². The molecule has 104 valence electrons. The number of hydrogen-bond donors (Lipinski definition) is 1. The fourth-order valence-electron chi connectivity index (χ4n) is 1.63. The first kappa shape index (κ1) is 14.9. The van der Waals surface area contributed by atoms with Crippen molar-refractivity contribution in [3.8, 4) is 0 Å². The molecule has 0 radical (unpaired) electrons. The molecule has 2 nitrogen and oxygen atoms in total. The predicted octanol–water partition coefficient (Wildman–Crippen LogP) is 4.52. The number of carbonyl (C=O) groups excluding carboxylic acids is 1. The molecule has 0 spiro atoms. The van der Waals surface area contributed by atoms with Gasteiger partial charge in [0.1, 0.15) is 5.82 Å². The van der Waals surface area contributed by atoms with Crippen molar-refractivity contribution in [2.45, 2.75) is 11.8 Å². The number of carbonyl (C=O) groups is 1. The highest BCUT2D eigenvalue weighted by atomic mass is 35.5. The topological polar surface area (TPSA) is 29.1 Å². The van der Waals surface area contributed by atoms with E-state index in [0.29, 0.717) is 15.6 Å². The molecule has 5 heteroatoms. The Hall–Kier alpha value is -1.52. The van der Waals surface area contributed by atoms with Gasteiger partial charge in [-0.1, -0.05) is 29.8 Å². The maximum absolute atomic E-state index is 13.4. The minimum absolute atomic E-state index is 0.146. The number of thioether (sulfide) groups is 1. The largest absolute Gasteiger partial charge is 0.325 e. The Morgan fingerprint density at radius 1 is 1.25 bits per heavy atom. The minimum Gasteiger partial charge on any atom is -0.325 e. The smallest absolute Gasteiger partial charge is 0.234 e. The molecule has 2 rings (SSSR count). The van der Waals surface area contributed by atoms with E-state index < -0.39 is 0 Å². The van der Waals surface area contributed by atoms with Gasteiger partial charge < -0.3 is 5.32 Å². The van der Waals surface area contributed by atoms with Crippen LogP contribution in [0.25, 0.3) is 0 Å².